The van der Waals surface area contributed by atoms with Gasteiger partial charge < -0.3 is 0 Å². The Balaban J connectivity index is 0.000000442. The van der Waals surface area contributed by atoms with Crippen molar-refractivity contribution < 1.29 is 0 Å². The molecule has 0 radical (unpaired) electrons. The standard InChI is InChI=1S/C10H9N.2C2H6/c1-8-2-3-10-7-11-5-4-9(10)6-8;2*1-2/h2-7H,1H3;2*1-2H3. The minimum atomic E-state index is 1.21. The summed E-state index contributed by atoms with van der Waals surface area (Å²) < 4.78 is 0. The van der Waals surface area contributed by atoms with E-state index >= 15 is 0 Å². The van der Waals surface area contributed by atoms with Gasteiger partial charge >= 0.3 is 0 Å². The molecule has 1 nitrogen and oxygen atoms in total. The fraction of sp³-hybridized carbons (Fsp3) is 0.357. The van der Waals surface area contributed by atoms with Gasteiger partial charge in [-0.15, -0.1) is 0 Å². The van der Waals surface area contributed by atoms with Gasteiger partial charge in [0.25, 0.3) is 0 Å². The van der Waals surface area contributed by atoms with Crippen LogP contribution in [0.5, 0.6) is 0 Å². The quantitative estimate of drug-likeness (QED) is 0.610. The Labute approximate surface area is 93.2 Å². The van der Waals surface area contributed by atoms with Crippen molar-refractivity contribution in [2.75, 3.05) is 0 Å². The summed E-state index contributed by atoms with van der Waals surface area (Å²) in [6.45, 7) is 10.1. The highest BCUT2D eigenvalue weighted by atomic mass is 14.6. The van der Waals surface area contributed by atoms with E-state index in [1.54, 1.807) is 0 Å². The summed E-state index contributed by atoms with van der Waals surface area (Å²) in [6, 6.07) is 8.39. The first-order chi connectivity index (χ1) is 7.36. The van der Waals surface area contributed by atoms with Gasteiger partial charge in [0.2, 0.25) is 0 Å². The van der Waals surface area contributed by atoms with E-state index in [9.17, 15) is 0 Å². The van der Waals surface area contributed by atoms with Gasteiger partial charge in [-0.1, -0.05) is 51.5 Å². The van der Waals surface area contributed by atoms with Gasteiger partial charge in [-0.2, -0.15) is 0 Å². The highest BCUT2D eigenvalue weighted by Gasteiger charge is 1.90. The van der Waals surface area contributed by atoms with Crippen molar-refractivity contribution in [2.45, 2.75) is 34.6 Å². The fourth-order valence-electron chi connectivity index (χ4n) is 1.20. The van der Waals surface area contributed by atoms with Crippen LogP contribution in [0.25, 0.3) is 10.8 Å². The summed E-state index contributed by atoms with van der Waals surface area (Å²) in [6.07, 6.45) is 3.70. The molecule has 0 atom stereocenters. The first kappa shape index (κ1) is 13.6. The molecule has 1 aromatic heterocycles. The molecule has 2 rings (SSSR count). The maximum Gasteiger partial charge on any atom is 0.0346 e. The number of aryl methyl sites for hydroxylation is 1. The van der Waals surface area contributed by atoms with Crippen molar-refractivity contribution in [3.8, 4) is 0 Å². The van der Waals surface area contributed by atoms with Crippen molar-refractivity contribution in [3.63, 3.8) is 0 Å². The molecule has 0 saturated carbocycles. The molecule has 0 saturated heterocycles. The van der Waals surface area contributed by atoms with Gasteiger partial charge in [-0.05, 0) is 18.4 Å². The van der Waals surface area contributed by atoms with Gasteiger partial charge in [-0.3, -0.25) is 4.98 Å². The van der Waals surface area contributed by atoms with Crippen molar-refractivity contribution in [1.29, 1.82) is 0 Å². The first-order valence-electron chi connectivity index (χ1n) is 5.67. The van der Waals surface area contributed by atoms with Crippen molar-refractivity contribution in [1.82, 2.24) is 4.98 Å². The zero-order valence-corrected chi connectivity index (χ0v) is 10.4. The SMILES string of the molecule is CC.CC.Cc1ccc2cnccc2c1. The number of hydrogen-bond acceptors (Lipinski definition) is 1. The van der Waals surface area contributed by atoms with Crippen LogP contribution in [0.2, 0.25) is 0 Å². The zero-order valence-electron chi connectivity index (χ0n) is 10.4. The van der Waals surface area contributed by atoms with E-state index in [-0.39, 0.29) is 0 Å². The van der Waals surface area contributed by atoms with E-state index in [1.807, 2.05) is 46.2 Å². The zero-order chi connectivity index (χ0) is 11.7. The average molecular weight is 203 g/mol. The number of hydrogen-bond donors (Lipinski definition) is 0. The Morgan fingerprint density at radius 2 is 1.53 bits per heavy atom. The molecule has 1 heteroatoms. The van der Waals surface area contributed by atoms with Crippen molar-refractivity contribution >= 4 is 10.8 Å². The first-order valence-corrected chi connectivity index (χ1v) is 5.67. The van der Waals surface area contributed by atoms with Gasteiger partial charge in [-0.25, -0.2) is 0 Å². The van der Waals surface area contributed by atoms with Crippen LogP contribution < -0.4 is 0 Å². The van der Waals surface area contributed by atoms with Crippen LogP contribution in [-0.2, 0) is 0 Å². The topological polar surface area (TPSA) is 12.9 Å². The molecule has 0 aliphatic heterocycles. The molecule has 15 heavy (non-hydrogen) atoms. The molecular formula is C14H21N. The monoisotopic (exact) mass is 203 g/mol. The molecule has 0 aliphatic carbocycles. The molecular weight excluding hydrogens is 182 g/mol. The highest BCUT2D eigenvalue weighted by molar-refractivity contribution is 5.81. The minimum Gasteiger partial charge on any atom is -0.264 e. The van der Waals surface area contributed by atoms with Crippen LogP contribution in [0.4, 0.5) is 0 Å². The summed E-state index contributed by atoms with van der Waals surface area (Å²) in [7, 11) is 0. The smallest absolute Gasteiger partial charge is 0.0346 e. The van der Waals surface area contributed by atoms with E-state index < -0.39 is 0 Å². The van der Waals surface area contributed by atoms with E-state index in [4.69, 9.17) is 0 Å². The number of rotatable bonds is 0. The molecule has 0 bridgehead atoms. The van der Waals surface area contributed by atoms with Crippen molar-refractivity contribution in [2.24, 2.45) is 0 Å². The Bertz CT molecular complexity index is 380. The van der Waals surface area contributed by atoms with Crippen LogP contribution in [0, 0.1) is 6.92 Å². The molecule has 2 aromatic rings. The Morgan fingerprint density at radius 3 is 2.20 bits per heavy atom. The van der Waals surface area contributed by atoms with E-state index in [0.717, 1.165) is 0 Å². The van der Waals surface area contributed by atoms with Crippen LogP contribution in [0.1, 0.15) is 33.3 Å². The van der Waals surface area contributed by atoms with E-state index in [2.05, 4.69) is 30.1 Å². The van der Waals surface area contributed by atoms with Crippen LogP contribution in [0.3, 0.4) is 0 Å². The number of pyridine rings is 1. The summed E-state index contributed by atoms with van der Waals surface area (Å²) in [5.41, 5.74) is 1.30. The Hall–Kier alpha value is -1.37. The summed E-state index contributed by atoms with van der Waals surface area (Å²) >= 11 is 0. The average Bonchev–Trinajstić information content (AvgIpc) is 2.34. The van der Waals surface area contributed by atoms with Crippen LogP contribution >= 0.6 is 0 Å². The minimum absolute atomic E-state index is 1.21. The molecule has 0 amide bonds. The molecule has 1 aromatic carbocycles. The third-order valence-corrected chi connectivity index (χ3v) is 1.80. The lowest BCUT2D eigenvalue weighted by Crippen LogP contribution is -1.75. The summed E-state index contributed by atoms with van der Waals surface area (Å²) in [5, 5.41) is 2.47. The number of fused-ring (bicyclic) bond motifs is 1. The summed E-state index contributed by atoms with van der Waals surface area (Å²) in [4.78, 5) is 4.04. The van der Waals surface area contributed by atoms with Crippen molar-refractivity contribution in [3.05, 3.63) is 42.2 Å². The van der Waals surface area contributed by atoms with Gasteiger partial charge in [0.15, 0.2) is 0 Å². The number of aromatic nitrogens is 1. The van der Waals surface area contributed by atoms with Gasteiger partial charge in [0.1, 0.15) is 0 Å². The number of benzene rings is 1. The van der Waals surface area contributed by atoms with Gasteiger partial charge in [0, 0.05) is 17.8 Å². The second-order valence-corrected chi connectivity index (χ2v) is 2.73. The van der Waals surface area contributed by atoms with E-state index in [0.29, 0.717) is 0 Å². The number of nitrogens with zero attached hydrogens (tertiary/aromatic N) is 1. The molecule has 1 heterocycles. The normalized spacial score (nSPS) is 8.33. The maximum atomic E-state index is 4.04. The second-order valence-electron chi connectivity index (χ2n) is 2.73. The van der Waals surface area contributed by atoms with E-state index in [1.165, 1.54) is 16.3 Å². The Kier molecular flexibility index (Phi) is 7.25. The maximum absolute atomic E-state index is 4.04. The Morgan fingerprint density at radius 1 is 0.867 bits per heavy atom. The molecule has 0 N–H and O–H groups in total. The molecule has 0 unspecified atom stereocenters. The molecule has 0 aliphatic rings. The third-order valence-electron chi connectivity index (χ3n) is 1.80. The highest BCUT2D eigenvalue weighted by Crippen LogP contribution is 2.12. The van der Waals surface area contributed by atoms with Crippen LogP contribution in [-0.4, -0.2) is 4.98 Å². The summed E-state index contributed by atoms with van der Waals surface area (Å²) in [5.74, 6) is 0. The lowest BCUT2D eigenvalue weighted by atomic mass is 10.1. The largest absolute Gasteiger partial charge is 0.264 e. The molecule has 82 valence electrons. The predicted octanol–water partition coefficient (Wildman–Crippen LogP) is 4.60. The lowest BCUT2D eigenvalue weighted by molar-refractivity contribution is 1.36. The third kappa shape index (κ3) is 4.11. The lowest BCUT2D eigenvalue weighted by Gasteiger charge is -1.96. The molecule has 0 spiro atoms. The van der Waals surface area contributed by atoms with Crippen LogP contribution in [0.15, 0.2) is 36.7 Å². The van der Waals surface area contributed by atoms with Gasteiger partial charge in [0.05, 0.1) is 0 Å². The second kappa shape index (κ2) is 7.98. The molecule has 0 fully saturated rings. The fourth-order valence-corrected chi connectivity index (χ4v) is 1.20. The predicted molar refractivity (Wildman–Crippen MR) is 69.2 cm³/mol.